The molecule has 0 aliphatic heterocycles. The summed E-state index contributed by atoms with van der Waals surface area (Å²) < 4.78 is 20.1. The van der Waals surface area contributed by atoms with Gasteiger partial charge in [-0.1, -0.05) is 90.0 Å². The van der Waals surface area contributed by atoms with Crippen LogP contribution in [0.3, 0.4) is 0 Å². The Kier molecular flexibility index (Phi) is 14.6. The molecular weight excluding hydrogens is 472 g/mol. The van der Waals surface area contributed by atoms with Gasteiger partial charge in [-0.25, -0.2) is 4.79 Å². The summed E-state index contributed by atoms with van der Waals surface area (Å²) in [6.45, 7) is 33.0. The van der Waals surface area contributed by atoms with Crippen molar-refractivity contribution in [3.8, 4) is 0 Å². The highest BCUT2D eigenvalue weighted by Crippen LogP contribution is 2.47. The maximum absolute atomic E-state index is 13.7. The van der Waals surface area contributed by atoms with E-state index in [1.807, 2.05) is 6.92 Å². The predicted octanol–water partition coefficient (Wildman–Crippen LogP) is 8.08. The van der Waals surface area contributed by atoms with Crippen LogP contribution in [-0.4, -0.2) is 52.6 Å². The normalized spacial score (nSPS) is 17.1. The van der Waals surface area contributed by atoms with Crippen molar-refractivity contribution in [1.29, 1.82) is 0 Å². The maximum Gasteiger partial charge on any atom is 0.336 e. The van der Waals surface area contributed by atoms with Crippen molar-refractivity contribution in [1.82, 2.24) is 0 Å². The third-order valence-electron chi connectivity index (χ3n) is 8.18. The van der Waals surface area contributed by atoms with Crippen molar-refractivity contribution in [3.05, 3.63) is 0 Å². The fraction of sp³-hybridized carbons (Fsp3) is 0.964. The van der Waals surface area contributed by atoms with Crippen LogP contribution in [0.15, 0.2) is 0 Å². The van der Waals surface area contributed by atoms with Crippen LogP contribution in [0.25, 0.3) is 0 Å². The van der Waals surface area contributed by atoms with Crippen molar-refractivity contribution in [2.75, 3.05) is 6.61 Å². The molecule has 0 heterocycles. The summed E-state index contributed by atoms with van der Waals surface area (Å²) in [5, 5.41) is 10.3. The van der Waals surface area contributed by atoms with Gasteiger partial charge in [-0.15, -0.1) is 0 Å². The smallest absolute Gasteiger partial charge is 0.336 e. The predicted molar refractivity (Wildman–Crippen MR) is 154 cm³/mol. The van der Waals surface area contributed by atoms with E-state index in [-0.39, 0.29) is 11.9 Å². The molecule has 0 aromatic heterocycles. The summed E-state index contributed by atoms with van der Waals surface area (Å²) in [5.41, 5.74) is 2.09. The van der Waals surface area contributed by atoms with E-state index in [4.69, 9.17) is 13.6 Å². The quantitative estimate of drug-likeness (QED) is 0.161. The highest BCUT2D eigenvalue weighted by atomic mass is 28.4. The Hall–Kier alpha value is -0.216. The molecule has 0 bridgehead atoms. The first-order valence-electron chi connectivity index (χ1n) is 14.1. The molecule has 210 valence electrons. The molecule has 5 nitrogen and oxygen atoms in total. The SMILES string of the molecule is CCOC(=O)[C@H](O[Si](C(C)C)(C(C)C)C(C)C)[C@@H](O[Si](C(C)C)(C(C)C)C(C)C)[C@H](C)C[C@@H](C)O. The van der Waals surface area contributed by atoms with Crippen molar-refractivity contribution >= 4 is 22.6 Å². The second-order valence-corrected chi connectivity index (χ2v) is 23.4. The Balaban J connectivity index is 7.03. The van der Waals surface area contributed by atoms with Gasteiger partial charge in [0.05, 0.1) is 18.8 Å². The molecular formula is C28H60O5Si2. The number of aliphatic hydroxyl groups excluding tert-OH is 1. The largest absolute Gasteiger partial charge is 0.464 e. The first-order valence-corrected chi connectivity index (χ1v) is 18.4. The van der Waals surface area contributed by atoms with Crippen LogP contribution in [0.4, 0.5) is 0 Å². The average Bonchev–Trinajstić information content (AvgIpc) is 2.68. The molecule has 0 aromatic rings. The second-order valence-electron chi connectivity index (χ2n) is 12.6. The third-order valence-corrected chi connectivity index (χ3v) is 20.3. The summed E-state index contributed by atoms with van der Waals surface area (Å²) in [5.74, 6) is -0.390. The van der Waals surface area contributed by atoms with E-state index in [1.165, 1.54) is 0 Å². The number of ether oxygens (including phenoxy) is 1. The van der Waals surface area contributed by atoms with Crippen molar-refractivity contribution in [3.63, 3.8) is 0 Å². The molecule has 0 aliphatic carbocycles. The van der Waals surface area contributed by atoms with Gasteiger partial charge in [-0.3, -0.25) is 0 Å². The summed E-state index contributed by atoms with van der Waals surface area (Å²) in [7, 11) is -4.76. The number of rotatable bonds is 16. The van der Waals surface area contributed by atoms with Crippen LogP contribution in [-0.2, 0) is 18.4 Å². The second kappa shape index (κ2) is 14.7. The fourth-order valence-electron chi connectivity index (χ4n) is 6.89. The van der Waals surface area contributed by atoms with E-state index >= 15 is 0 Å². The van der Waals surface area contributed by atoms with Gasteiger partial charge in [0.25, 0.3) is 0 Å². The van der Waals surface area contributed by atoms with E-state index in [2.05, 4.69) is 90.0 Å². The van der Waals surface area contributed by atoms with Crippen molar-refractivity contribution in [2.45, 2.75) is 162 Å². The van der Waals surface area contributed by atoms with Crippen LogP contribution >= 0.6 is 0 Å². The Labute approximate surface area is 220 Å². The van der Waals surface area contributed by atoms with Gasteiger partial charge in [-0.2, -0.15) is 0 Å². The molecule has 1 N–H and O–H groups in total. The maximum atomic E-state index is 13.7. The average molecular weight is 533 g/mol. The zero-order valence-electron chi connectivity index (χ0n) is 25.8. The minimum absolute atomic E-state index is 0.0642. The number of carbonyl (C=O) groups excluding carboxylic acids is 1. The summed E-state index contributed by atoms with van der Waals surface area (Å²) in [6, 6.07) is 0. The van der Waals surface area contributed by atoms with E-state index in [9.17, 15) is 9.90 Å². The molecule has 0 rings (SSSR count). The first kappa shape index (κ1) is 34.8. The molecule has 0 spiro atoms. The van der Waals surface area contributed by atoms with Crippen LogP contribution in [0, 0.1) is 5.92 Å². The number of esters is 1. The molecule has 0 aliphatic rings. The number of hydrogen-bond donors (Lipinski definition) is 1. The number of aliphatic hydroxyl groups is 1. The van der Waals surface area contributed by atoms with Gasteiger partial charge >= 0.3 is 5.97 Å². The first-order chi connectivity index (χ1) is 15.9. The van der Waals surface area contributed by atoms with Gasteiger partial charge in [-0.05, 0) is 59.4 Å². The molecule has 0 aromatic carbocycles. The van der Waals surface area contributed by atoms with E-state index in [0.29, 0.717) is 46.3 Å². The molecule has 0 saturated heterocycles. The number of hydrogen-bond acceptors (Lipinski definition) is 5. The van der Waals surface area contributed by atoms with Gasteiger partial charge in [0.15, 0.2) is 6.10 Å². The lowest BCUT2D eigenvalue weighted by Gasteiger charge is -2.50. The minimum atomic E-state index is -2.42. The summed E-state index contributed by atoms with van der Waals surface area (Å²) in [6.07, 6.45) is -1.21. The summed E-state index contributed by atoms with van der Waals surface area (Å²) in [4.78, 5) is 13.7. The zero-order chi connectivity index (χ0) is 27.9. The Morgan fingerprint density at radius 1 is 0.657 bits per heavy atom. The van der Waals surface area contributed by atoms with E-state index in [0.717, 1.165) is 0 Å². The van der Waals surface area contributed by atoms with Gasteiger partial charge in [0.2, 0.25) is 16.6 Å². The Morgan fingerprint density at radius 3 is 1.29 bits per heavy atom. The standard InChI is InChI=1S/C28H60O5Si2/c1-16-31-28(30)27(33-35(21(8)9,22(10)11)23(12)13)26(24(14)17-25(15)29)32-34(18(2)3,19(4)5)20(6)7/h18-27,29H,16-17H2,1-15H3/t24-,25-,26+,27-/m1/s1. The molecule has 0 fully saturated rings. The molecule has 0 saturated carbocycles. The van der Waals surface area contributed by atoms with Crippen LogP contribution < -0.4 is 0 Å². The van der Waals surface area contributed by atoms with Gasteiger partial charge in [0.1, 0.15) is 0 Å². The Bertz CT molecular complexity index is 573. The lowest BCUT2D eigenvalue weighted by Crippen LogP contribution is -2.60. The van der Waals surface area contributed by atoms with Crippen LogP contribution in [0.2, 0.25) is 33.2 Å². The monoisotopic (exact) mass is 532 g/mol. The zero-order valence-corrected chi connectivity index (χ0v) is 27.8. The minimum Gasteiger partial charge on any atom is -0.464 e. The molecule has 0 radical (unpaired) electrons. The molecule has 0 amide bonds. The molecule has 7 heteroatoms. The van der Waals surface area contributed by atoms with E-state index in [1.54, 1.807) is 6.92 Å². The topological polar surface area (TPSA) is 65.0 Å². The van der Waals surface area contributed by atoms with Crippen LogP contribution in [0.1, 0.15) is 110 Å². The Morgan fingerprint density at radius 2 is 1.00 bits per heavy atom. The fourth-order valence-corrected chi connectivity index (χ4v) is 18.0. The highest BCUT2D eigenvalue weighted by molar-refractivity contribution is 6.78. The van der Waals surface area contributed by atoms with Crippen molar-refractivity contribution in [2.24, 2.45) is 5.92 Å². The highest BCUT2D eigenvalue weighted by Gasteiger charge is 2.54. The number of carbonyl (C=O) groups is 1. The van der Waals surface area contributed by atoms with Gasteiger partial charge < -0.3 is 18.7 Å². The van der Waals surface area contributed by atoms with Gasteiger partial charge in [0, 0.05) is 0 Å². The van der Waals surface area contributed by atoms with Crippen LogP contribution in [0.5, 0.6) is 0 Å². The summed E-state index contributed by atoms with van der Waals surface area (Å²) >= 11 is 0. The lowest BCUT2D eigenvalue weighted by molar-refractivity contribution is -0.159. The van der Waals surface area contributed by atoms with E-state index < -0.39 is 34.9 Å². The molecule has 35 heavy (non-hydrogen) atoms. The molecule has 0 unspecified atom stereocenters. The molecule has 4 atom stereocenters. The lowest BCUT2D eigenvalue weighted by atomic mass is 9.94. The third kappa shape index (κ3) is 8.13. The van der Waals surface area contributed by atoms with Crippen molar-refractivity contribution < 1.29 is 23.5 Å².